The van der Waals surface area contributed by atoms with Crippen LogP contribution in [0.2, 0.25) is 0 Å². The molecule has 9 heavy (non-hydrogen) atoms. The van der Waals surface area contributed by atoms with Gasteiger partial charge >= 0.3 is 0 Å². The molecule has 0 spiro atoms. The Morgan fingerprint density at radius 2 is 1.89 bits per heavy atom. The topological polar surface area (TPSA) is 0 Å². The third kappa shape index (κ3) is 8.48. The maximum atomic E-state index is 3.53. The van der Waals surface area contributed by atoms with Gasteiger partial charge in [-0.3, -0.25) is 0 Å². The minimum absolute atomic E-state index is 0.717. The van der Waals surface area contributed by atoms with E-state index in [2.05, 4.69) is 29.8 Å². The van der Waals surface area contributed by atoms with Crippen LogP contribution in [0.3, 0.4) is 0 Å². The van der Waals surface area contributed by atoms with Crippen LogP contribution in [0.15, 0.2) is 0 Å². The van der Waals surface area contributed by atoms with Crippen LogP contribution in [0, 0.1) is 0 Å². The first-order valence-corrected chi connectivity index (χ1v) is 4.83. The van der Waals surface area contributed by atoms with Crippen LogP contribution in [0.25, 0.3) is 0 Å². The van der Waals surface area contributed by atoms with Gasteiger partial charge < -0.3 is 0 Å². The second-order valence-corrected chi connectivity index (χ2v) is 4.19. The van der Waals surface area contributed by atoms with Crippen LogP contribution in [0.4, 0.5) is 0 Å². The molecule has 0 fully saturated rings. The largest absolute Gasteiger partial charge is 0.0894 e. The molecular weight excluding hydrogens is 176 g/mol. The summed E-state index contributed by atoms with van der Waals surface area (Å²) < 4.78 is 0. The monoisotopic (exact) mass is 192 g/mol. The zero-order chi connectivity index (χ0) is 7.11. The van der Waals surface area contributed by atoms with Crippen molar-refractivity contribution in [2.45, 2.75) is 50.8 Å². The number of rotatable bonds is 5. The fraction of sp³-hybridized carbons (Fsp3) is 1.00. The summed E-state index contributed by atoms with van der Waals surface area (Å²) >= 11 is 3.53. The van der Waals surface area contributed by atoms with E-state index in [1.807, 2.05) is 0 Å². The van der Waals surface area contributed by atoms with Gasteiger partial charge in [0.25, 0.3) is 0 Å². The van der Waals surface area contributed by atoms with Crippen molar-refractivity contribution in [3.63, 3.8) is 0 Å². The molecule has 1 unspecified atom stereocenters. The Balaban J connectivity index is 2.75. The van der Waals surface area contributed by atoms with Crippen LogP contribution in [0.5, 0.6) is 0 Å². The molecule has 0 heterocycles. The molecule has 1 atom stereocenters. The van der Waals surface area contributed by atoms with Gasteiger partial charge in [0.2, 0.25) is 0 Å². The smallest absolute Gasteiger partial charge is 0.0117 e. The maximum absolute atomic E-state index is 3.53. The van der Waals surface area contributed by atoms with Crippen molar-refractivity contribution in [2.24, 2.45) is 0 Å². The van der Waals surface area contributed by atoms with Crippen molar-refractivity contribution in [3.8, 4) is 0 Å². The van der Waals surface area contributed by atoms with Gasteiger partial charge in [0.05, 0.1) is 0 Å². The molecule has 0 aromatic carbocycles. The Hall–Kier alpha value is 0.480. The van der Waals surface area contributed by atoms with Crippen molar-refractivity contribution in [3.05, 3.63) is 0 Å². The molecule has 0 nitrogen and oxygen atoms in total. The van der Waals surface area contributed by atoms with E-state index in [-0.39, 0.29) is 0 Å². The van der Waals surface area contributed by atoms with E-state index >= 15 is 0 Å². The quantitative estimate of drug-likeness (QED) is 0.460. The van der Waals surface area contributed by atoms with Gasteiger partial charge in [-0.05, 0) is 6.42 Å². The zero-order valence-electron chi connectivity index (χ0n) is 6.49. The molecule has 0 aromatic heterocycles. The van der Waals surface area contributed by atoms with Crippen LogP contribution in [-0.4, -0.2) is 4.83 Å². The summed E-state index contributed by atoms with van der Waals surface area (Å²) in [6, 6.07) is 0. The molecule has 0 amide bonds. The Morgan fingerprint density at radius 1 is 1.22 bits per heavy atom. The maximum Gasteiger partial charge on any atom is 0.0117 e. The third-order valence-corrected chi connectivity index (χ3v) is 1.91. The standard InChI is InChI=1S/C8H17Br/c1-3-4-5-6-7-8(2)9/h8H,3-7H2,1-2H3. The Morgan fingerprint density at radius 3 is 2.33 bits per heavy atom. The summed E-state index contributed by atoms with van der Waals surface area (Å²) in [6.07, 6.45) is 6.88. The van der Waals surface area contributed by atoms with Gasteiger partial charge in [-0.1, -0.05) is 55.5 Å². The van der Waals surface area contributed by atoms with Crippen LogP contribution >= 0.6 is 15.9 Å². The molecule has 0 aliphatic rings. The molecule has 0 bridgehead atoms. The molecule has 1 heteroatoms. The van der Waals surface area contributed by atoms with E-state index in [0.717, 1.165) is 0 Å². The van der Waals surface area contributed by atoms with E-state index in [0.29, 0.717) is 4.83 Å². The second kappa shape index (κ2) is 6.60. The lowest BCUT2D eigenvalue weighted by Crippen LogP contribution is -1.88. The third-order valence-electron chi connectivity index (χ3n) is 1.46. The minimum Gasteiger partial charge on any atom is -0.0894 e. The summed E-state index contributed by atoms with van der Waals surface area (Å²) in [6.45, 7) is 4.46. The highest BCUT2D eigenvalue weighted by molar-refractivity contribution is 9.09. The predicted molar refractivity (Wildman–Crippen MR) is 47.1 cm³/mol. The molecule has 56 valence electrons. The number of unbranched alkanes of at least 4 members (excludes halogenated alkanes) is 3. The van der Waals surface area contributed by atoms with Crippen LogP contribution in [0.1, 0.15) is 46.0 Å². The van der Waals surface area contributed by atoms with E-state index in [4.69, 9.17) is 0 Å². The summed E-state index contributed by atoms with van der Waals surface area (Å²) in [5, 5.41) is 0. The Bertz CT molecular complexity index is 50.5. The first-order chi connectivity index (χ1) is 4.27. The highest BCUT2D eigenvalue weighted by atomic mass is 79.9. The van der Waals surface area contributed by atoms with E-state index < -0.39 is 0 Å². The molecule has 0 aromatic rings. The summed E-state index contributed by atoms with van der Waals surface area (Å²) in [5.74, 6) is 0. The molecule has 0 saturated carbocycles. The summed E-state index contributed by atoms with van der Waals surface area (Å²) in [7, 11) is 0. The lowest BCUT2D eigenvalue weighted by atomic mass is 10.1. The highest BCUT2D eigenvalue weighted by Gasteiger charge is 1.93. The predicted octanol–water partition coefficient (Wildman–Crippen LogP) is 3.74. The molecule has 0 saturated heterocycles. The zero-order valence-corrected chi connectivity index (χ0v) is 8.08. The normalized spacial score (nSPS) is 13.7. The lowest BCUT2D eigenvalue weighted by Gasteiger charge is -2.00. The number of alkyl halides is 1. The summed E-state index contributed by atoms with van der Waals surface area (Å²) in [5.41, 5.74) is 0. The molecule has 0 aliphatic heterocycles. The number of hydrogen-bond acceptors (Lipinski definition) is 0. The van der Waals surface area contributed by atoms with Gasteiger partial charge in [0.1, 0.15) is 0 Å². The molecule has 0 N–H and O–H groups in total. The van der Waals surface area contributed by atoms with Gasteiger partial charge in [0, 0.05) is 4.83 Å². The second-order valence-electron chi connectivity index (χ2n) is 2.63. The van der Waals surface area contributed by atoms with Crippen molar-refractivity contribution >= 4 is 15.9 Å². The van der Waals surface area contributed by atoms with Gasteiger partial charge in [-0.25, -0.2) is 0 Å². The van der Waals surface area contributed by atoms with Crippen LogP contribution < -0.4 is 0 Å². The van der Waals surface area contributed by atoms with Gasteiger partial charge in [0.15, 0.2) is 0 Å². The van der Waals surface area contributed by atoms with E-state index in [9.17, 15) is 0 Å². The van der Waals surface area contributed by atoms with Crippen LogP contribution in [-0.2, 0) is 0 Å². The van der Waals surface area contributed by atoms with Crippen molar-refractivity contribution < 1.29 is 0 Å². The SMILES string of the molecule is CCCCCCC(C)Br. The number of halogens is 1. The Labute approximate surface area is 67.2 Å². The van der Waals surface area contributed by atoms with Gasteiger partial charge in [-0.2, -0.15) is 0 Å². The lowest BCUT2D eigenvalue weighted by molar-refractivity contribution is 0.633. The average Bonchev–Trinajstić information content (AvgIpc) is 1.80. The molecule has 0 radical (unpaired) electrons. The van der Waals surface area contributed by atoms with Gasteiger partial charge in [-0.15, -0.1) is 0 Å². The van der Waals surface area contributed by atoms with Crippen molar-refractivity contribution in [1.82, 2.24) is 0 Å². The summed E-state index contributed by atoms with van der Waals surface area (Å²) in [4.78, 5) is 0.717. The van der Waals surface area contributed by atoms with Crippen molar-refractivity contribution in [2.75, 3.05) is 0 Å². The highest BCUT2D eigenvalue weighted by Crippen LogP contribution is 2.10. The van der Waals surface area contributed by atoms with Crippen molar-refractivity contribution in [1.29, 1.82) is 0 Å². The molecular formula is C8H17Br. The molecule has 0 rings (SSSR count). The first kappa shape index (κ1) is 9.48. The average molecular weight is 193 g/mol. The fourth-order valence-corrected chi connectivity index (χ4v) is 1.18. The number of hydrogen-bond donors (Lipinski definition) is 0. The minimum atomic E-state index is 0.717. The van der Waals surface area contributed by atoms with E-state index in [1.54, 1.807) is 0 Å². The first-order valence-electron chi connectivity index (χ1n) is 3.91. The molecule has 0 aliphatic carbocycles. The Kier molecular flexibility index (Phi) is 6.95. The van der Waals surface area contributed by atoms with E-state index in [1.165, 1.54) is 32.1 Å². The fourth-order valence-electron chi connectivity index (χ4n) is 0.852.